The van der Waals surface area contributed by atoms with Crippen LogP contribution >= 0.6 is 23.1 Å². The fraction of sp³-hybridized carbons (Fsp3) is 0. The van der Waals surface area contributed by atoms with Crippen molar-refractivity contribution in [1.82, 2.24) is 24.9 Å². The average molecular weight is 300 g/mol. The molecule has 3 aromatic heterocycles. The maximum absolute atomic E-state index is 5.71. The predicted molar refractivity (Wildman–Crippen MR) is 79.8 cm³/mol. The number of nitrogens with two attached hydrogens (primary N) is 1. The Bertz CT molecular complexity index is 880. The number of aromatic amines is 1. The van der Waals surface area contributed by atoms with Crippen molar-refractivity contribution in [2.75, 3.05) is 5.73 Å². The molecule has 0 radical (unpaired) electrons. The fourth-order valence-electron chi connectivity index (χ4n) is 1.87. The topological polar surface area (TPSA) is 93.4 Å². The van der Waals surface area contributed by atoms with Gasteiger partial charge in [0.25, 0.3) is 0 Å². The Hall–Kier alpha value is -2.19. The van der Waals surface area contributed by atoms with Crippen LogP contribution in [0.1, 0.15) is 0 Å². The molecule has 0 saturated heterocycles. The van der Waals surface area contributed by atoms with Gasteiger partial charge in [0, 0.05) is 0 Å². The molecule has 0 fully saturated rings. The van der Waals surface area contributed by atoms with Crippen molar-refractivity contribution in [1.29, 1.82) is 0 Å². The first kappa shape index (κ1) is 11.6. The van der Waals surface area contributed by atoms with E-state index in [0.717, 1.165) is 25.1 Å². The molecule has 3 N–H and O–H groups in total. The molecule has 20 heavy (non-hydrogen) atoms. The number of imidazole rings is 1. The van der Waals surface area contributed by atoms with Crippen molar-refractivity contribution >= 4 is 50.4 Å². The summed E-state index contributed by atoms with van der Waals surface area (Å²) < 4.78 is 2.07. The molecule has 98 valence electrons. The standard InChI is InChI=1S/C12H8N6S2/c13-11-17-9-8(14-5-15-9)10(18-11)20-12-16-6-3-1-2-4-7(6)19-12/h1-5H,(H3,13,14,15,17,18). The van der Waals surface area contributed by atoms with Crippen molar-refractivity contribution in [3.05, 3.63) is 30.6 Å². The van der Waals surface area contributed by atoms with Crippen LogP contribution in [0.25, 0.3) is 21.4 Å². The number of nitrogens with one attached hydrogen (secondary N) is 1. The SMILES string of the molecule is Nc1nc(Sc2nc3ccccc3s2)c2[nH]cnc2n1. The van der Waals surface area contributed by atoms with Gasteiger partial charge in [-0.15, -0.1) is 11.3 Å². The van der Waals surface area contributed by atoms with E-state index in [4.69, 9.17) is 5.73 Å². The minimum atomic E-state index is 0.216. The molecule has 0 unspecified atom stereocenters. The van der Waals surface area contributed by atoms with Crippen LogP contribution in [0.4, 0.5) is 5.95 Å². The fourth-order valence-corrected chi connectivity index (χ4v) is 3.94. The quantitative estimate of drug-likeness (QED) is 0.553. The summed E-state index contributed by atoms with van der Waals surface area (Å²) in [4.78, 5) is 20.1. The zero-order chi connectivity index (χ0) is 13.5. The summed E-state index contributed by atoms with van der Waals surface area (Å²) in [6, 6.07) is 8.03. The number of H-pyrrole nitrogens is 1. The number of nitrogen functional groups attached to an aromatic ring is 1. The van der Waals surface area contributed by atoms with Gasteiger partial charge in [0.15, 0.2) is 9.99 Å². The van der Waals surface area contributed by atoms with Crippen LogP contribution in [0, 0.1) is 0 Å². The maximum atomic E-state index is 5.71. The van der Waals surface area contributed by atoms with Gasteiger partial charge >= 0.3 is 0 Å². The van der Waals surface area contributed by atoms with Crippen LogP contribution in [0.5, 0.6) is 0 Å². The van der Waals surface area contributed by atoms with Gasteiger partial charge in [0.05, 0.1) is 16.5 Å². The van der Waals surface area contributed by atoms with E-state index in [2.05, 4.69) is 31.0 Å². The van der Waals surface area contributed by atoms with Gasteiger partial charge in [-0.25, -0.2) is 15.0 Å². The molecule has 3 heterocycles. The van der Waals surface area contributed by atoms with Crippen LogP contribution < -0.4 is 5.73 Å². The number of benzene rings is 1. The molecule has 0 atom stereocenters. The predicted octanol–water partition coefficient (Wildman–Crippen LogP) is 2.70. The molecular weight excluding hydrogens is 292 g/mol. The molecule has 4 rings (SSSR count). The van der Waals surface area contributed by atoms with Crippen molar-refractivity contribution < 1.29 is 0 Å². The highest BCUT2D eigenvalue weighted by Gasteiger charge is 2.12. The van der Waals surface area contributed by atoms with E-state index in [1.165, 1.54) is 11.8 Å². The van der Waals surface area contributed by atoms with Gasteiger partial charge in [-0.2, -0.15) is 4.98 Å². The van der Waals surface area contributed by atoms with Gasteiger partial charge in [-0.05, 0) is 23.9 Å². The van der Waals surface area contributed by atoms with E-state index in [1.807, 2.05) is 18.2 Å². The van der Waals surface area contributed by atoms with Crippen molar-refractivity contribution in [2.24, 2.45) is 0 Å². The molecule has 8 heteroatoms. The summed E-state index contributed by atoms with van der Waals surface area (Å²) in [5.74, 6) is 0.216. The van der Waals surface area contributed by atoms with E-state index < -0.39 is 0 Å². The number of hydrogen-bond acceptors (Lipinski definition) is 7. The zero-order valence-corrected chi connectivity index (χ0v) is 11.7. The molecule has 0 spiro atoms. The molecule has 0 bridgehead atoms. The summed E-state index contributed by atoms with van der Waals surface area (Å²) in [5.41, 5.74) is 8.05. The highest BCUT2D eigenvalue weighted by atomic mass is 32.2. The Labute approximate surface area is 121 Å². The number of para-hydroxylation sites is 1. The molecule has 4 aromatic rings. The first-order chi connectivity index (χ1) is 9.79. The highest BCUT2D eigenvalue weighted by molar-refractivity contribution is 8.01. The Kier molecular flexibility index (Phi) is 2.57. The second-order valence-corrected chi connectivity index (χ2v) is 6.30. The Balaban J connectivity index is 1.81. The van der Waals surface area contributed by atoms with Crippen LogP contribution in [-0.2, 0) is 0 Å². The Morgan fingerprint density at radius 3 is 2.95 bits per heavy atom. The van der Waals surface area contributed by atoms with Crippen LogP contribution in [0.15, 0.2) is 40.0 Å². The summed E-state index contributed by atoms with van der Waals surface area (Å²) in [5, 5.41) is 0.740. The van der Waals surface area contributed by atoms with Gasteiger partial charge in [0.1, 0.15) is 10.5 Å². The monoisotopic (exact) mass is 300 g/mol. The first-order valence-corrected chi connectivity index (χ1v) is 7.43. The third-order valence-electron chi connectivity index (χ3n) is 2.73. The highest BCUT2D eigenvalue weighted by Crippen LogP contribution is 2.35. The summed E-state index contributed by atoms with van der Waals surface area (Å²) in [6.45, 7) is 0. The minimum absolute atomic E-state index is 0.216. The van der Waals surface area contributed by atoms with E-state index >= 15 is 0 Å². The van der Waals surface area contributed by atoms with Gasteiger partial charge in [0.2, 0.25) is 5.95 Å². The van der Waals surface area contributed by atoms with Crippen LogP contribution in [0.3, 0.4) is 0 Å². The third-order valence-corrected chi connectivity index (χ3v) is 4.81. The second kappa shape index (κ2) is 4.43. The molecule has 6 nitrogen and oxygen atoms in total. The lowest BCUT2D eigenvalue weighted by Crippen LogP contribution is -1.96. The lowest BCUT2D eigenvalue weighted by atomic mass is 10.3. The van der Waals surface area contributed by atoms with E-state index in [1.54, 1.807) is 17.7 Å². The van der Waals surface area contributed by atoms with Crippen LogP contribution in [0.2, 0.25) is 0 Å². The molecule has 0 amide bonds. The van der Waals surface area contributed by atoms with Gasteiger partial charge < -0.3 is 10.7 Å². The normalized spacial score (nSPS) is 11.4. The molecular formula is C12H8N6S2. The largest absolute Gasteiger partial charge is 0.368 e. The molecule has 0 aliphatic rings. The van der Waals surface area contributed by atoms with E-state index in [-0.39, 0.29) is 5.95 Å². The maximum Gasteiger partial charge on any atom is 0.223 e. The van der Waals surface area contributed by atoms with Gasteiger partial charge in [-0.3, -0.25) is 0 Å². The summed E-state index contributed by atoms with van der Waals surface area (Å²) >= 11 is 3.09. The van der Waals surface area contributed by atoms with Gasteiger partial charge in [-0.1, -0.05) is 12.1 Å². The molecule has 1 aromatic carbocycles. The number of hydrogen-bond donors (Lipinski definition) is 2. The molecule has 0 saturated carbocycles. The minimum Gasteiger partial charge on any atom is -0.368 e. The number of nitrogens with zero attached hydrogens (tertiary/aromatic N) is 4. The number of anilines is 1. The number of thiazole rings is 1. The third kappa shape index (κ3) is 1.89. The number of aromatic nitrogens is 5. The van der Waals surface area contributed by atoms with Crippen molar-refractivity contribution in [3.8, 4) is 0 Å². The second-order valence-electron chi connectivity index (χ2n) is 4.04. The lowest BCUT2D eigenvalue weighted by molar-refractivity contribution is 1.10. The first-order valence-electron chi connectivity index (χ1n) is 5.79. The molecule has 0 aliphatic carbocycles. The molecule has 0 aliphatic heterocycles. The summed E-state index contributed by atoms with van der Waals surface area (Å²) in [7, 11) is 0. The average Bonchev–Trinajstić information content (AvgIpc) is 3.03. The number of fused-ring (bicyclic) bond motifs is 2. The van der Waals surface area contributed by atoms with Crippen LogP contribution in [-0.4, -0.2) is 24.9 Å². The van der Waals surface area contributed by atoms with Crippen molar-refractivity contribution in [2.45, 2.75) is 9.37 Å². The van der Waals surface area contributed by atoms with E-state index in [0.29, 0.717) is 5.65 Å². The lowest BCUT2D eigenvalue weighted by Gasteiger charge is -1.99. The number of rotatable bonds is 2. The smallest absolute Gasteiger partial charge is 0.223 e. The Morgan fingerprint density at radius 2 is 2.05 bits per heavy atom. The Morgan fingerprint density at radius 1 is 1.15 bits per heavy atom. The zero-order valence-electron chi connectivity index (χ0n) is 10.1. The van der Waals surface area contributed by atoms with E-state index in [9.17, 15) is 0 Å². The van der Waals surface area contributed by atoms with Crippen molar-refractivity contribution in [3.63, 3.8) is 0 Å². The summed E-state index contributed by atoms with van der Waals surface area (Å²) in [6.07, 6.45) is 1.58.